The molecule has 0 saturated carbocycles. The minimum Gasteiger partial charge on any atom is -0.376 e. The van der Waals surface area contributed by atoms with Crippen LogP contribution in [-0.4, -0.2) is 10.6 Å². The fraction of sp³-hybridized carbons (Fsp3) is 0.0952. The number of nitro groups is 1. The Morgan fingerprint density at radius 2 is 1.81 bits per heavy atom. The van der Waals surface area contributed by atoms with Gasteiger partial charge in [-0.25, -0.2) is 4.39 Å². The smallest absolute Gasteiger partial charge is 0.270 e. The molecule has 0 aliphatic carbocycles. The number of anilines is 1. The Balaban J connectivity index is 1.80. The average molecular weight is 361 g/mol. The SMILES string of the molecule is O=[N+]([O-])c1cccc(C2=Nc3ccccc3NC(c3ccc(F)cc3)C2)c1. The van der Waals surface area contributed by atoms with Gasteiger partial charge in [-0.3, -0.25) is 15.1 Å². The van der Waals surface area contributed by atoms with E-state index >= 15 is 0 Å². The number of fused-ring (bicyclic) bond motifs is 1. The molecular formula is C21H16FN3O2. The van der Waals surface area contributed by atoms with Crippen molar-refractivity contribution in [3.8, 4) is 0 Å². The fourth-order valence-corrected chi connectivity index (χ4v) is 3.19. The Bertz CT molecular complexity index is 1030. The molecule has 0 spiro atoms. The van der Waals surface area contributed by atoms with Crippen molar-refractivity contribution in [3.05, 3.63) is 99.9 Å². The van der Waals surface area contributed by atoms with Gasteiger partial charge in [-0.1, -0.05) is 36.4 Å². The zero-order valence-corrected chi connectivity index (χ0v) is 14.3. The first-order valence-electron chi connectivity index (χ1n) is 8.53. The lowest BCUT2D eigenvalue weighted by Crippen LogP contribution is -2.14. The highest BCUT2D eigenvalue weighted by molar-refractivity contribution is 6.04. The van der Waals surface area contributed by atoms with Crippen molar-refractivity contribution >= 4 is 22.8 Å². The van der Waals surface area contributed by atoms with E-state index < -0.39 is 4.92 Å². The second-order valence-corrected chi connectivity index (χ2v) is 6.34. The lowest BCUT2D eigenvalue weighted by atomic mass is 9.97. The van der Waals surface area contributed by atoms with Crippen LogP contribution in [-0.2, 0) is 0 Å². The van der Waals surface area contributed by atoms with Crippen LogP contribution in [0.15, 0.2) is 77.8 Å². The van der Waals surface area contributed by atoms with Crippen molar-refractivity contribution in [2.24, 2.45) is 4.99 Å². The Hall–Kier alpha value is -3.54. The maximum absolute atomic E-state index is 13.3. The van der Waals surface area contributed by atoms with Gasteiger partial charge in [-0.15, -0.1) is 0 Å². The number of benzene rings is 3. The Morgan fingerprint density at radius 3 is 2.59 bits per heavy atom. The van der Waals surface area contributed by atoms with Crippen LogP contribution in [0.3, 0.4) is 0 Å². The molecule has 3 aromatic carbocycles. The third-order valence-electron chi connectivity index (χ3n) is 4.55. The number of halogens is 1. The zero-order valence-electron chi connectivity index (χ0n) is 14.3. The van der Waals surface area contributed by atoms with E-state index in [2.05, 4.69) is 5.32 Å². The van der Waals surface area contributed by atoms with Crippen molar-refractivity contribution in [3.63, 3.8) is 0 Å². The zero-order chi connectivity index (χ0) is 18.8. The number of nitro benzene ring substituents is 1. The fourth-order valence-electron chi connectivity index (χ4n) is 3.19. The predicted molar refractivity (Wildman–Crippen MR) is 103 cm³/mol. The first-order valence-corrected chi connectivity index (χ1v) is 8.53. The molecule has 1 N–H and O–H groups in total. The molecule has 5 nitrogen and oxygen atoms in total. The van der Waals surface area contributed by atoms with Gasteiger partial charge < -0.3 is 5.32 Å². The first kappa shape index (κ1) is 16.9. The molecule has 0 amide bonds. The number of aliphatic imine (C=N–C) groups is 1. The second kappa shape index (κ2) is 6.99. The first-order chi connectivity index (χ1) is 13.1. The highest BCUT2D eigenvalue weighted by Gasteiger charge is 2.22. The van der Waals surface area contributed by atoms with Gasteiger partial charge in [-0.05, 0) is 29.8 Å². The number of hydrogen-bond donors (Lipinski definition) is 1. The molecule has 1 aliphatic rings. The minimum absolute atomic E-state index is 0.0269. The van der Waals surface area contributed by atoms with Gasteiger partial charge in [0.2, 0.25) is 0 Å². The van der Waals surface area contributed by atoms with Crippen LogP contribution < -0.4 is 5.32 Å². The molecule has 0 radical (unpaired) electrons. The molecule has 0 bridgehead atoms. The van der Waals surface area contributed by atoms with E-state index in [0.717, 1.165) is 22.6 Å². The highest BCUT2D eigenvalue weighted by atomic mass is 19.1. The van der Waals surface area contributed by atoms with Crippen LogP contribution in [0, 0.1) is 15.9 Å². The quantitative estimate of drug-likeness (QED) is 0.501. The average Bonchev–Trinajstić information content (AvgIpc) is 2.88. The molecule has 1 heterocycles. The van der Waals surface area contributed by atoms with Crippen molar-refractivity contribution in [2.45, 2.75) is 12.5 Å². The number of non-ortho nitro benzene ring substituents is 1. The molecule has 0 aromatic heterocycles. The Morgan fingerprint density at radius 1 is 1.04 bits per heavy atom. The second-order valence-electron chi connectivity index (χ2n) is 6.34. The van der Waals surface area contributed by atoms with Crippen LogP contribution in [0.2, 0.25) is 0 Å². The molecule has 27 heavy (non-hydrogen) atoms. The summed E-state index contributed by atoms with van der Waals surface area (Å²) in [5, 5.41) is 14.6. The van der Waals surface area contributed by atoms with E-state index in [9.17, 15) is 14.5 Å². The summed E-state index contributed by atoms with van der Waals surface area (Å²) in [5.74, 6) is -0.291. The van der Waals surface area contributed by atoms with Crippen LogP contribution >= 0.6 is 0 Å². The standard InChI is InChI=1S/C21H16FN3O2/c22-16-10-8-14(9-11-16)20-13-21(15-4-3-5-17(12-15)25(26)27)24-19-7-2-1-6-18(19)23-20/h1-12,20,23H,13H2. The molecule has 1 aliphatic heterocycles. The molecule has 4 rings (SSSR count). The van der Waals surface area contributed by atoms with Crippen molar-refractivity contribution < 1.29 is 9.31 Å². The van der Waals surface area contributed by atoms with E-state index in [1.54, 1.807) is 18.2 Å². The number of para-hydroxylation sites is 2. The summed E-state index contributed by atoms with van der Waals surface area (Å²) in [5.41, 5.74) is 4.03. The van der Waals surface area contributed by atoms with Gasteiger partial charge in [-0.2, -0.15) is 0 Å². The van der Waals surface area contributed by atoms with Crippen molar-refractivity contribution in [1.82, 2.24) is 0 Å². The maximum atomic E-state index is 13.3. The summed E-state index contributed by atoms with van der Waals surface area (Å²) >= 11 is 0. The summed E-state index contributed by atoms with van der Waals surface area (Å²) in [6.07, 6.45) is 0.515. The lowest BCUT2D eigenvalue weighted by Gasteiger charge is -2.19. The number of hydrogen-bond acceptors (Lipinski definition) is 4. The molecule has 134 valence electrons. The summed E-state index contributed by atoms with van der Waals surface area (Å²) in [6, 6.07) is 20.3. The van der Waals surface area contributed by atoms with Gasteiger partial charge in [0.1, 0.15) is 5.82 Å². The normalized spacial score (nSPS) is 15.9. The van der Waals surface area contributed by atoms with E-state index in [1.165, 1.54) is 24.3 Å². The molecule has 6 heteroatoms. The summed E-state index contributed by atoms with van der Waals surface area (Å²) in [6.45, 7) is 0. The van der Waals surface area contributed by atoms with Gasteiger partial charge in [0.25, 0.3) is 5.69 Å². The molecular weight excluding hydrogens is 345 g/mol. The van der Waals surface area contributed by atoms with Crippen LogP contribution in [0.5, 0.6) is 0 Å². The minimum atomic E-state index is -0.412. The molecule has 0 fully saturated rings. The van der Waals surface area contributed by atoms with Crippen LogP contribution in [0.25, 0.3) is 0 Å². The largest absolute Gasteiger partial charge is 0.376 e. The van der Waals surface area contributed by atoms with E-state index in [4.69, 9.17) is 4.99 Å². The summed E-state index contributed by atoms with van der Waals surface area (Å²) in [4.78, 5) is 15.5. The van der Waals surface area contributed by atoms with Gasteiger partial charge in [0.05, 0.1) is 28.1 Å². The third-order valence-corrected chi connectivity index (χ3v) is 4.55. The molecule has 1 unspecified atom stereocenters. The predicted octanol–water partition coefficient (Wildman–Crippen LogP) is 5.41. The topological polar surface area (TPSA) is 67.5 Å². The summed E-state index contributed by atoms with van der Waals surface area (Å²) in [7, 11) is 0. The molecule has 0 saturated heterocycles. The number of nitrogens with one attached hydrogen (secondary N) is 1. The van der Waals surface area contributed by atoms with E-state index in [-0.39, 0.29) is 17.5 Å². The summed E-state index contributed by atoms with van der Waals surface area (Å²) < 4.78 is 13.3. The highest BCUT2D eigenvalue weighted by Crippen LogP contribution is 2.35. The Labute approximate surface area is 155 Å². The molecule has 1 atom stereocenters. The third kappa shape index (κ3) is 3.55. The van der Waals surface area contributed by atoms with E-state index in [1.807, 2.05) is 30.3 Å². The van der Waals surface area contributed by atoms with Gasteiger partial charge >= 0.3 is 0 Å². The Kier molecular flexibility index (Phi) is 4.38. The van der Waals surface area contributed by atoms with E-state index in [0.29, 0.717) is 12.0 Å². The van der Waals surface area contributed by atoms with Gasteiger partial charge in [0.15, 0.2) is 0 Å². The van der Waals surface area contributed by atoms with Gasteiger partial charge in [0, 0.05) is 24.1 Å². The lowest BCUT2D eigenvalue weighted by molar-refractivity contribution is -0.384. The van der Waals surface area contributed by atoms with Crippen LogP contribution in [0.1, 0.15) is 23.6 Å². The van der Waals surface area contributed by atoms with Crippen molar-refractivity contribution in [1.29, 1.82) is 0 Å². The molecule has 3 aromatic rings. The van der Waals surface area contributed by atoms with Crippen LogP contribution in [0.4, 0.5) is 21.5 Å². The monoisotopic (exact) mass is 361 g/mol. The number of nitrogens with zero attached hydrogens (tertiary/aromatic N) is 2. The van der Waals surface area contributed by atoms with Crippen molar-refractivity contribution in [2.75, 3.05) is 5.32 Å². The number of rotatable bonds is 3. The maximum Gasteiger partial charge on any atom is 0.270 e.